The smallest absolute Gasteiger partial charge is 0.340 e. The Morgan fingerprint density at radius 3 is 2.94 bits per heavy atom. The molecule has 2 heterocycles. The van der Waals surface area contributed by atoms with Crippen LogP contribution in [0, 0.1) is 6.92 Å². The highest BCUT2D eigenvalue weighted by atomic mass is 32.1. The van der Waals surface area contributed by atoms with Crippen LogP contribution in [-0.2, 0) is 4.79 Å². The van der Waals surface area contributed by atoms with Gasteiger partial charge in [0.1, 0.15) is 10.6 Å². The standard InChI is InChI=1S/C10H13N3O3S/c1-5-7(10(15)16)9(17-13-5)12-8(14)6-3-2-4-11-6/h6,11H,2-4H2,1H3,(H,12,14)(H,15,16)/t6-/m1/s1. The van der Waals surface area contributed by atoms with E-state index in [0.29, 0.717) is 10.7 Å². The average Bonchev–Trinajstić information content (AvgIpc) is 2.87. The molecular formula is C10H13N3O3S. The molecule has 0 spiro atoms. The van der Waals surface area contributed by atoms with Crippen LogP contribution in [0.2, 0.25) is 0 Å². The molecule has 92 valence electrons. The number of carbonyl (C=O) groups is 2. The van der Waals surface area contributed by atoms with Gasteiger partial charge in [-0.05, 0) is 37.8 Å². The van der Waals surface area contributed by atoms with E-state index in [1.807, 2.05) is 0 Å². The number of hydrogen-bond donors (Lipinski definition) is 3. The van der Waals surface area contributed by atoms with Crippen molar-refractivity contribution in [3.05, 3.63) is 11.3 Å². The van der Waals surface area contributed by atoms with Crippen molar-refractivity contribution in [2.75, 3.05) is 11.9 Å². The van der Waals surface area contributed by atoms with E-state index in [-0.39, 0.29) is 17.5 Å². The van der Waals surface area contributed by atoms with Crippen LogP contribution >= 0.6 is 11.5 Å². The van der Waals surface area contributed by atoms with E-state index < -0.39 is 5.97 Å². The van der Waals surface area contributed by atoms with E-state index in [9.17, 15) is 9.59 Å². The number of carboxylic acid groups (broad SMARTS) is 1. The number of aryl methyl sites for hydroxylation is 1. The minimum atomic E-state index is -1.06. The molecule has 0 radical (unpaired) electrons. The first kappa shape index (κ1) is 12.0. The number of hydrogen-bond acceptors (Lipinski definition) is 5. The largest absolute Gasteiger partial charge is 0.478 e. The minimum Gasteiger partial charge on any atom is -0.478 e. The monoisotopic (exact) mass is 255 g/mol. The predicted molar refractivity (Wildman–Crippen MR) is 63.5 cm³/mol. The topological polar surface area (TPSA) is 91.3 Å². The fourth-order valence-corrected chi connectivity index (χ4v) is 2.61. The summed E-state index contributed by atoms with van der Waals surface area (Å²) in [5, 5.41) is 15.0. The van der Waals surface area contributed by atoms with Crippen molar-refractivity contribution >= 4 is 28.4 Å². The molecule has 1 atom stereocenters. The van der Waals surface area contributed by atoms with Crippen LogP contribution in [0.5, 0.6) is 0 Å². The van der Waals surface area contributed by atoms with Crippen LogP contribution in [0.1, 0.15) is 28.9 Å². The molecule has 0 saturated carbocycles. The third-order valence-corrected chi connectivity index (χ3v) is 3.54. The summed E-state index contributed by atoms with van der Waals surface area (Å²) in [6.45, 7) is 2.44. The van der Waals surface area contributed by atoms with Gasteiger partial charge < -0.3 is 15.7 Å². The Labute approximate surface area is 102 Å². The number of carbonyl (C=O) groups excluding carboxylic acids is 1. The third-order valence-electron chi connectivity index (χ3n) is 2.69. The summed E-state index contributed by atoms with van der Waals surface area (Å²) in [7, 11) is 0. The summed E-state index contributed by atoms with van der Waals surface area (Å²) in [5.41, 5.74) is 0.513. The number of rotatable bonds is 3. The van der Waals surface area contributed by atoms with Crippen molar-refractivity contribution in [2.45, 2.75) is 25.8 Å². The molecule has 6 nitrogen and oxygen atoms in total. The van der Waals surface area contributed by atoms with Crippen molar-refractivity contribution < 1.29 is 14.7 Å². The summed E-state index contributed by atoms with van der Waals surface area (Å²) in [6, 6.07) is -0.223. The molecule has 2 rings (SSSR count). The van der Waals surface area contributed by atoms with Gasteiger partial charge in [0.25, 0.3) is 0 Å². The molecule has 0 unspecified atom stereocenters. The highest BCUT2D eigenvalue weighted by molar-refractivity contribution is 7.11. The van der Waals surface area contributed by atoms with E-state index in [0.717, 1.165) is 30.9 Å². The van der Waals surface area contributed by atoms with Gasteiger partial charge in [-0.3, -0.25) is 4.79 Å². The van der Waals surface area contributed by atoms with Crippen LogP contribution in [0.3, 0.4) is 0 Å². The number of aromatic nitrogens is 1. The first-order valence-corrected chi connectivity index (χ1v) is 6.10. The molecule has 1 aromatic heterocycles. The van der Waals surface area contributed by atoms with Crippen molar-refractivity contribution in [2.24, 2.45) is 0 Å². The van der Waals surface area contributed by atoms with Crippen LogP contribution in [-0.4, -0.2) is 33.9 Å². The van der Waals surface area contributed by atoms with E-state index in [1.165, 1.54) is 0 Å². The second-order valence-electron chi connectivity index (χ2n) is 3.92. The first-order valence-electron chi connectivity index (χ1n) is 5.33. The van der Waals surface area contributed by atoms with Crippen molar-refractivity contribution in [3.63, 3.8) is 0 Å². The lowest BCUT2D eigenvalue weighted by Crippen LogP contribution is -2.35. The Kier molecular flexibility index (Phi) is 3.39. The zero-order chi connectivity index (χ0) is 12.4. The Morgan fingerprint density at radius 1 is 1.59 bits per heavy atom. The summed E-state index contributed by atoms with van der Waals surface area (Å²) >= 11 is 1.00. The molecule has 7 heteroatoms. The molecule has 1 aromatic rings. The number of nitrogens with zero attached hydrogens (tertiary/aromatic N) is 1. The summed E-state index contributed by atoms with van der Waals surface area (Å²) < 4.78 is 3.94. The number of amides is 1. The normalized spacial score (nSPS) is 19.2. The maximum Gasteiger partial charge on any atom is 0.340 e. The number of anilines is 1. The average molecular weight is 255 g/mol. The molecule has 1 amide bonds. The molecule has 3 N–H and O–H groups in total. The Morgan fingerprint density at radius 2 is 2.35 bits per heavy atom. The van der Waals surface area contributed by atoms with Crippen LogP contribution in [0.15, 0.2) is 0 Å². The van der Waals surface area contributed by atoms with E-state index in [2.05, 4.69) is 15.0 Å². The molecule has 1 fully saturated rings. The van der Waals surface area contributed by atoms with Gasteiger partial charge in [-0.1, -0.05) is 0 Å². The van der Waals surface area contributed by atoms with Gasteiger partial charge in [-0.25, -0.2) is 4.79 Å². The molecule has 0 aliphatic carbocycles. The SMILES string of the molecule is Cc1nsc(NC(=O)[C@H]2CCCN2)c1C(=O)O. The van der Waals surface area contributed by atoms with Crippen LogP contribution in [0.25, 0.3) is 0 Å². The van der Waals surface area contributed by atoms with Crippen LogP contribution in [0.4, 0.5) is 5.00 Å². The molecule has 0 bridgehead atoms. The summed E-state index contributed by atoms with van der Waals surface area (Å²) in [5.74, 6) is -1.25. The summed E-state index contributed by atoms with van der Waals surface area (Å²) in [6.07, 6.45) is 1.75. The molecular weight excluding hydrogens is 242 g/mol. The van der Waals surface area contributed by atoms with Gasteiger partial charge >= 0.3 is 5.97 Å². The highest BCUT2D eigenvalue weighted by Gasteiger charge is 2.25. The van der Waals surface area contributed by atoms with E-state index in [1.54, 1.807) is 6.92 Å². The number of aromatic carboxylic acids is 1. The molecule has 1 aliphatic heterocycles. The quantitative estimate of drug-likeness (QED) is 0.744. The maximum atomic E-state index is 11.8. The lowest BCUT2D eigenvalue weighted by atomic mass is 10.2. The van der Waals surface area contributed by atoms with Crippen molar-refractivity contribution in [1.82, 2.24) is 9.69 Å². The van der Waals surface area contributed by atoms with Crippen LogP contribution < -0.4 is 10.6 Å². The number of nitrogens with one attached hydrogen (secondary N) is 2. The Hall–Kier alpha value is -1.47. The minimum absolute atomic E-state index is 0.0846. The van der Waals surface area contributed by atoms with Crippen molar-refractivity contribution in [3.8, 4) is 0 Å². The fraction of sp³-hybridized carbons (Fsp3) is 0.500. The predicted octanol–water partition coefficient (Wildman–Crippen LogP) is 0.840. The number of carboxylic acids is 1. The summed E-state index contributed by atoms with van der Waals surface area (Å²) in [4.78, 5) is 22.8. The second kappa shape index (κ2) is 4.80. The molecule has 1 saturated heterocycles. The lowest BCUT2D eigenvalue weighted by Gasteiger charge is -2.09. The highest BCUT2D eigenvalue weighted by Crippen LogP contribution is 2.24. The van der Waals surface area contributed by atoms with Gasteiger partial charge in [-0.15, -0.1) is 0 Å². The second-order valence-corrected chi connectivity index (χ2v) is 4.69. The van der Waals surface area contributed by atoms with Gasteiger partial charge in [0.05, 0.1) is 11.7 Å². The fourth-order valence-electron chi connectivity index (χ4n) is 1.81. The van der Waals surface area contributed by atoms with Gasteiger partial charge in [0.2, 0.25) is 5.91 Å². The maximum absolute atomic E-state index is 11.8. The van der Waals surface area contributed by atoms with E-state index in [4.69, 9.17) is 5.11 Å². The van der Waals surface area contributed by atoms with Crippen molar-refractivity contribution in [1.29, 1.82) is 0 Å². The Balaban J connectivity index is 2.13. The molecule has 17 heavy (non-hydrogen) atoms. The molecule has 0 aromatic carbocycles. The van der Waals surface area contributed by atoms with Gasteiger partial charge in [0, 0.05) is 0 Å². The molecule has 1 aliphatic rings. The lowest BCUT2D eigenvalue weighted by molar-refractivity contribution is -0.117. The van der Waals surface area contributed by atoms with Gasteiger partial charge in [-0.2, -0.15) is 4.37 Å². The first-order chi connectivity index (χ1) is 8.09. The van der Waals surface area contributed by atoms with Gasteiger partial charge in [0.15, 0.2) is 0 Å². The Bertz CT molecular complexity index is 452. The third kappa shape index (κ3) is 2.45. The zero-order valence-corrected chi connectivity index (χ0v) is 10.1. The van der Waals surface area contributed by atoms with E-state index >= 15 is 0 Å². The zero-order valence-electron chi connectivity index (χ0n) is 9.32.